The molecular formula is C15H14ClN3O5. The molecule has 1 heterocycles. The highest BCUT2D eigenvalue weighted by Gasteiger charge is 2.20. The maximum absolute atomic E-state index is 12.2. The van der Waals surface area contributed by atoms with Crippen molar-refractivity contribution in [3.8, 4) is 0 Å². The summed E-state index contributed by atoms with van der Waals surface area (Å²) in [5, 5.41) is 16.1. The first-order chi connectivity index (χ1) is 11.3. The molecule has 1 aromatic heterocycles. The molecule has 2 rings (SSSR count). The number of hydrogen-bond acceptors (Lipinski definition) is 5. The number of hydrogen-bond donors (Lipinski definition) is 2. The Balaban J connectivity index is 2.27. The van der Waals surface area contributed by atoms with E-state index in [1.165, 1.54) is 24.3 Å². The third-order valence-electron chi connectivity index (χ3n) is 2.89. The molecule has 0 unspecified atom stereocenters. The third-order valence-corrected chi connectivity index (χ3v) is 3.12. The van der Waals surface area contributed by atoms with Gasteiger partial charge >= 0.3 is 5.88 Å². The van der Waals surface area contributed by atoms with Crippen molar-refractivity contribution in [1.82, 2.24) is 5.32 Å². The van der Waals surface area contributed by atoms with Gasteiger partial charge in [-0.05, 0) is 38.1 Å². The molecule has 0 fully saturated rings. The molecule has 126 valence electrons. The number of benzene rings is 1. The van der Waals surface area contributed by atoms with Crippen molar-refractivity contribution >= 4 is 35.0 Å². The van der Waals surface area contributed by atoms with Gasteiger partial charge in [-0.1, -0.05) is 11.6 Å². The summed E-state index contributed by atoms with van der Waals surface area (Å²) in [7, 11) is 0. The quantitative estimate of drug-likeness (QED) is 0.634. The van der Waals surface area contributed by atoms with Gasteiger partial charge in [0.15, 0.2) is 5.76 Å². The Bertz CT molecular complexity index is 800. The van der Waals surface area contributed by atoms with Crippen LogP contribution >= 0.6 is 11.6 Å². The Labute approximate surface area is 141 Å². The standard InChI is InChI=1S/C15H14ClN3O5/c1-8(2)17-14(20)10-4-3-9(16)7-11(10)18-15(21)12-5-6-13(24-12)19(22)23/h3-8H,1-2H3,(H,17,20)(H,18,21). The normalized spacial score (nSPS) is 10.5. The van der Waals surface area contributed by atoms with Gasteiger partial charge in [-0.15, -0.1) is 0 Å². The van der Waals surface area contributed by atoms with Crippen LogP contribution in [0.15, 0.2) is 34.7 Å². The van der Waals surface area contributed by atoms with Gasteiger partial charge in [0.25, 0.3) is 11.8 Å². The Morgan fingerprint density at radius 3 is 2.50 bits per heavy atom. The lowest BCUT2D eigenvalue weighted by atomic mass is 10.1. The lowest BCUT2D eigenvalue weighted by Crippen LogP contribution is -2.31. The average Bonchev–Trinajstić information content (AvgIpc) is 2.96. The van der Waals surface area contributed by atoms with E-state index in [1.807, 2.05) is 0 Å². The predicted octanol–water partition coefficient (Wildman–Crippen LogP) is 3.23. The summed E-state index contributed by atoms with van der Waals surface area (Å²) in [6, 6.07) is 6.55. The minimum absolute atomic E-state index is 0.0931. The van der Waals surface area contributed by atoms with Crippen LogP contribution in [0.4, 0.5) is 11.6 Å². The number of carbonyl (C=O) groups excluding carboxylic acids is 2. The summed E-state index contributed by atoms with van der Waals surface area (Å²) >= 11 is 5.91. The molecular weight excluding hydrogens is 338 g/mol. The van der Waals surface area contributed by atoms with Crippen LogP contribution in [0.25, 0.3) is 0 Å². The van der Waals surface area contributed by atoms with Crippen molar-refractivity contribution in [2.24, 2.45) is 0 Å². The fraction of sp³-hybridized carbons (Fsp3) is 0.200. The van der Waals surface area contributed by atoms with Crippen LogP contribution < -0.4 is 10.6 Å². The maximum Gasteiger partial charge on any atom is 0.433 e. The number of amides is 2. The van der Waals surface area contributed by atoms with E-state index in [9.17, 15) is 19.7 Å². The number of furan rings is 1. The Morgan fingerprint density at radius 2 is 1.92 bits per heavy atom. The fourth-order valence-corrected chi connectivity index (χ4v) is 2.06. The first-order valence-electron chi connectivity index (χ1n) is 6.94. The molecule has 1 aromatic carbocycles. The molecule has 0 radical (unpaired) electrons. The molecule has 0 aliphatic rings. The smallest absolute Gasteiger partial charge is 0.395 e. The zero-order valence-corrected chi connectivity index (χ0v) is 13.6. The van der Waals surface area contributed by atoms with Crippen molar-refractivity contribution in [3.63, 3.8) is 0 Å². The second kappa shape index (κ2) is 7.14. The van der Waals surface area contributed by atoms with E-state index in [2.05, 4.69) is 10.6 Å². The molecule has 0 aliphatic heterocycles. The van der Waals surface area contributed by atoms with Gasteiger partial charge in [0.2, 0.25) is 0 Å². The first-order valence-corrected chi connectivity index (χ1v) is 7.31. The Kier molecular flexibility index (Phi) is 5.20. The number of nitrogens with zero attached hydrogens (tertiary/aromatic N) is 1. The van der Waals surface area contributed by atoms with Crippen molar-refractivity contribution in [2.75, 3.05) is 5.32 Å². The van der Waals surface area contributed by atoms with Crippen LogP contribution in [0, 0.1) is 10.1 Å². The van der Waals surface area contributed by atoms with Crippen molar-refractivity contribution < 1.29 is 18.9 Å². The highest BCUT2D eigenvalue weighted by atomic mass is 35.5. The first kappa shape index (κ1) is 17.5. The fourth-order valence-electron chi connectivity index (χ4n) is 1.89. The zero-order chi connectivity index (χ0) is 17.9. The Hall–Kier alpha value is -2.87. The number of anilines is 1. The molecule has 8 nitrogen and oxygen atoms in total. The maximum atomic E-state index is 12.2. The van der Waals surface area contributed by atoms with E-state index in [0.29, 0.717) is 5.02 Å². The molecule has 0 saturated heterocycles. The van der Waals surface area contributed by atoms with Crippen molar-refractivity contribution in [2.45, 2.75) is 19.9 Å². The molecule has 2 N–H and O–H groups in total. The highest BCUT2D eigenvalue weighted by molar-refractivity contribution is 6.31. The van der Waals surface area contributed by atoms with Crippen LogP contribution in [-0.4, -0.2) is 22.8 Å². The summed E-state index contributed by atoms with van der Waals surface area (Å²) in [4.78, 5) is 34.2. The second-order valence-corrected chi connectivity index (χ2v) is 5.60. The summed E-state index contributed by atoms with van der Waals surface area (Å²) in [6.45, 7) is 3.60. The van der Waals surface area contributed by atoms with E-state index in [1.54, 1.807) is 13.8 Å². The molecule has 0 aliphatic carbocycles. The zero-order valence-electron chi connectivity index (χ0n) is 12.8. The van der Waals surface area contributed by atoms with Crippen LogP contribution in [0.1, 0.15) is 34.8 Å². The number of rotatable bonds is 5. The minimum atomic E-state index is -0.752. The Morgan fingerprint density at radius 1 is 1.21 bits per heavy atom. The van der Waals surface area contributed by atoms with Gasteiger partial charge in [-0.25, -0.2) is 0 Å². The number of halogens is 1. The minimum Gasteiger partial charge on any atom is -0.395 e. The summed E-state index contributed by atoms with van der Waals surface area (Å²) in [5.74, 6) is -1.92. The van der Waals surface area contributed by atoms with Gasteiger partial charge in [0, 0.05) is 11.1 Å². The van der Waals surface area contributed by atoms with Crippen LogP contribution in [0.3, 0.4) is 0 Å². The monoisotopic (exact) mass is 351 g/mol. The van der Waals surface area contributed by atoms with E-state index in [0.717, 1.165) is 6.07 Å². The second-order valence-electron chi connectivity index (χ2n) is 5.17. The van der Waals surface area contributed by atoms with E-state index in [-0.39, 0.29) is 29.0 Å². The molecule has 24 heavy (non-hydrogen) atoms. The summed E-state index contributed by atoms with van der Waals surface area (Å²) in [6.07, 6.45) is 0. The number of nitrogens with one attached hydrogen (secondary N) is 2. The molecule has 0 atom stereocenters. The number of carbonyl (C=O) groups is 2. The third kappa shape index (κ3) is 4.11. The summed E-state index contributed by atoms with van der Waals surface area (Å²) < 4.78 is 4.83. The van der Waals surface area contributed by atoms with Crippen LogP contribution in [-0.2, 0) is 0 Å². The van der Waals surface area contributed by atoms with Gasteiger partial charge in [-0.3, -0.25) is 19.7 Å². The molecule has 2 aromatic rings. The van der Waals surface area contributed by atoms with Crippen LogP contribution in [0.2, 0.25) is 5.02 Å². The lowest BCUT2D eigenvalue weighted by Gasteiger charge is -2.13. The van der Waals surface area contributed by atoms with Crippen LogP contribution in [0.5, 0.6) is 0 Å². The molecule has 9 heteroatoms. The molecule has 0 bridgehead atoms. The number of nitro groups is 1. The topological polar surface area (TPSA) is 114 Å². The predicted molar refractivity (Wildman–Crippen MR) is 87.4 cm³/mol. The van der Waals surface area contributed by atoms with E-state index >= 15 is 0 Å². The molecule has 2 amide bonds. The summed E-state index contributed by atoms with van der Waals surface area (Å²) in [5.41, 5.74) is 0.382. The van der Waals surface area contributed by atoms with Gasteiger partial charge in [0.1, 0.15) is 4.92 Å². The van der Waals surface area contributed by atoms with Crippen molar-refractivity contribution in [3.05, 3.63) is 56.8 Å². The van der Waals surface area contributed by atoms with Gasteiger partial charge in [-0.2, -0.15) is 0 Å². The lowest BCUT2D eigenvalue weighted by molar-refractivity contribution is -0.402. The highest BCUT2D eigenvalue weighted by Crippen LogP contribution is 2.23. The van der Waals surface area contributed by atoms with E-state index in [4.69, 9.17) is 16.0 Å². The SMILES string of the molecule is CC(C)NC(=O)c1ccc(Cl)cc1NC(=O)c1ccc([N+](=O)[O-])o1. The average molecular weight is 352 g/mol. The molecule has 0 spiro atoms. The van der Waals surface area contributed by atoms with Crippen molar-refractivity contribution in [1.29, 1.82) is 0 Å². The van der Waals surface area contributed by atoms with E-state index < -0.39 is 16.7 Å². The van der Waals surface area contributed by atoms with Gasteiger partial charge < -0.3 is 15.1 Å². The molecule has 0 saturated carbocycles. The largest absolute Gasteiger partial charge is 0.433 e. The van der Waals surface area contributed by atoms with Gasteiger partial charge in [0.05, 0.1) is 17.3 Å².